The van der Waals surface area contributed by atoms with E-state index in [0.717, 1.165) is 11.3 Å². The lowest BCUT2D eigenvalue weighted by molar-refractivity contribution is 0.0951. The molecule has 22 heavy (non-hydrogen) atoms. The normalized spacial score (nSPS) is 10.4. The zero-order valence-electron chi connectivity index (χ0n) is 11.6. The summed E-state index contributed by atoms with van der Waals surface area (Å²) in [5.74, 6) is -0.478. The number of amides is 1. The molecular formula is C16H13FN4O. The number of halogens is 1. The maximum absolute atomic E-state index is 12.8. The van der Waals surface area contributed by atoms with E-state index in [4.69, 9.17) is 0 Å². The molecule has 6 heteroatoms. The number of hydrogen-bond donors (Lipinski definition) is 1. The number of aromatic nitrogens is 3. The molecule has 1 N–H and O–H groups in total. The van der Waals surface area contributed by atoms with E-state index in [0.29, 0.717) is 12.1 Å². The van der Waals surface area contributed by atoms with Crippen molar-refractivity contribution >= 4 is 5.91 Å². The van der Waals surface area contributed by atoms with Gasteiger partial charge in [-0.1, -0.05) is 12.1 Å². The Balaban J connectivity index is 1.63. The first-order chi connectivity index (χ1) is 10.7. The fourth-order valence-corrected chi connectivity index (χ4v) is 1.99. The van der Waals surface area contributed by atoms with E-state index in [2.05, 4.69) is 15.4 Å². The van der Waals surface area contributed by atoms with Crippen LogP contribution in [0.3, 0.4) is 0 Å². The Morgan fingerprint density at radius 2 is 1.82 bits per heavy atom. The van der Waals surface area contributed by atoms with Crippen LogP contribution >= 0.6 is 0 Å². The van der Waals surface area contributed by atoms with E-state index < -0.39 is 0 Å². The van der Waals surface area contributed by atoms with Crippen LogP contribution in [0.5, 0.6) is 0 Å². The summed E-state index contributed by atoms with van der Waals surface area (Å²) in [5.41, 5.74) is 2.22. The van der Waals surface area contributed by atoms with Gasteiger partial charge < -0.3 is 5.32 Å². The predicted molar refractivity (Wildman–Crippen MR) is 78.9 cm³/mol. The lowest BCUT2D eigenvalue weighted by atomic mass is 10.1. The smallest absolute Gasteiger partial charge is 0.251 e. The Hall–Kier alpha value is -3.02. The number of rotatable bonds is 4. The monoisotopic (exact) mass is 296 g/mol. The summed E-state index contributed by atoms with van der Waals surface area (Å²) >= 11 is 0. The molecule has 0 saturated heterocycles. The Bertz CT molecular complexity index is 752. The largest absolute Gasteiger partial charge is 0.348 e. The molecule has 0 aliphatic rings. The van der Waals surface area contributed by atoms with Gasteiger partial charge in [-0.15, -0.1) is 0 Å². The van der Waals surface area contributed by atoms with E-state index in [1.807, 2.05) is 0 Å². The Kier molecular flexibility index (Phi) is 3.91. The van der Waals surface area contributed by atoms with Crippen molar-refractivity contribution in [3.05, 3.63) is 78.1 Å². The van der Waals surface area contributed by atoms with Crippen molar-refractivity contribution in [3.63, 3.8) is 0 Å². The predicted octanol–water partition coefficient (Wildman–Crippen LogP) is 2.34. The van der Waals surface area contributed by atoms with Gasteiger partial charge in [-0.25, -0.2) is 14.1 Å². The van der Waals surface area contributed by atoms with Crippen LogP contribution in [0.4, 0.5) is 4.39 Å². The zero-order chi connectivity index (χ0) is 15.4. The minimum Gasteiger partial charge on any atom is -0.348 e. The van der Waals surface area contributed by atoms with Crippen LogP contribution in [0.15, 0.2) is 61.2 Å². The summed E-state index contributed by atoms with van der Waals surface area (Å²) in [4.78, 5) is 15.9. The summed E-state index contributed by atoms with van der Waals surface area (Å²) in [6, 6.07) is 13.0. The van der Waals surface area contributed by atoms with Gasteiger partial charge in [-0.3, -0.25) is 4.79 Å². The van der Waals surface area contributed by atoms with Gasteiger partial charge in [0.25, 0.3) is 5.91 Å². The van der Waals surface area contributed by atoms with E-state index in [1.54, 1.807) is 47.4 Å². The fraction of sp³-hybridized carbons (Fsp3) is 0.0625. The zero-order valence-corrected chi connectivity index (χ0v) is 11.6. The summed E-state index contributed by atoms with van der Waals surface area (Å²) in [6.07, 6.45) is 3.03. The van der Waals surface area contributed by atoms with Crippen LogP contribution in [0.2, 0.25) is 0 Å². The van der Waals surface area contributed by atoms with Crippen LogP contribution in [-0.2, 0) is 6.54 Å². The van der Waals surface area contributed by atoms with Gasteiger partial charge in [0.1, 0.15) is 18.5 Å². The van der Waals surface area contributed by atoms with Gasteiger partial charge in [-0.05, 0) is 42.0 Å². The topological polar surface area (TPSA) is 59.8 Å². The third-order valence-corrected chi connectivity index (χ3v) is 3.18. The van der Waals surface area contributed by atoms with Gasteiger partial charge >= 0.3 is 0 Å². The Morgan fingerprint density at radius 3 is 2.45 bits per heavy atom. The molecule has 0 saturated carbocycles. The Morgan fingerprint density at radius 1 is 1.09 bits per heavy atom. The van der Waals surface area contributed by atoms with Crippen molar-refractivity contribution in [2.45, 2.75) is 6.54 Å². The first-order valence-electron chi connectivity index (χ1n) is 6.70. The second kappa shape index (κ2) is 6.17. The average molecular weight is 296 g/mol. The molecule has 0 unspecified atom stereocenters. The minimum absolute atomic E-state index is 0.186. The van der Waals surface area contributed by atoms with Crippen molar-refractivity contribution in [2.75, 3.05) is 0 Å². The first-order valence-corrected chi connectivity index (χ1v) is 6.70. The minimum atomic E-state index is -0.293. The number of carbonyl (C=O) groups excluding carboxylic acids is 1. The summed E-state index contributed by atoms with van der Waals surface area (Å²) in [6.45, 7) is 0.351. The highest BCUT2D eigenvalue weighted by Gasteiger charge is 2.06. The van der Waals surface area contributed by atoms with Crippen molar-refractivity contribution in [1.82, 2.24) is 20.1 Å². The maximum Gasteiger partial charge on any atom is 0.251 e. The third kappa shape index (κ3) is 3.17. The summed E-state index contributed by atoms with van der Waals surface area (Å²) in [5, 5.41) is 6.81. The fourth-order valence-electron chi connectivity index (χ4n) is 1.99. The maximum atomic E-state index is 12.8. The quantitative estimate of drug-likeness (QED) is 0.804. The second-order valence-corrected chi connectivity index (χ2v) is 4.70. The number of nitrogens with zero attached hydrogens (tertiary/aromatic N) is 3. The second-order valence-electron chi connectivity index (χ2n) is 4.70. The van der Waals surface area contributed by atoms with Crippen molar-refractivity contribution in [2.24, 2.45) is 0 Å². The summed E-state index contributed by atoms with van der Waals surface area (Å²) in [7, 11) is 0. The van der Waals surface area contributed by atoms with Gasteiger partial charge in [0.05, 0.1) is 5.69 Å². The third-order valence-electron chi connectivity index (χ3n) is 3.18. The van der Waals surface area contributed by atoms with E-state index >= 15 is 0 Å². The molecule has 3 rings (SSSR count). The lowest BCUT2D eigenvalue weighted by Gasteiger charge is -2.06. The van der Waals surface area contributed by atoms with Gasteiger partial charge in [0, 0.05) is 12.1 Å². The highest BCUT2D eigenvalue weighted by Crippen LogP contribution is 2.08. The standard InChI is InChI=1S/C16H13FN4O/c17-14-5-1-12(2-6-14)9-19-16(22)13-3-7-15(8-4-13)21-11-18-10-20-21/h1-8,10-11H,9H2,(H,19,22). The van der Waals surface area contributed by atoms with Crippen LogP contribution in [0, 0.1) is 5.82 Å². The molecule has 0 spiro atoms. The van der Waals surface area contributed by atoms with Crippen molar-refractivity contribution in [1.29, 1.82) is 0 Å². The molecule has 0 bridgehead atoms. The molecule has 0 aliphatic carbocycles. The molecule has 1 aromatic heterocycles. The molecule has 0 aliphatic heterocycles. The molecule has 0 atom stereocenters. The van der Waals surface area contributed by atoms with Crippen LogP contribution in [0.1, 0.15) is 15.9 Å². The molecule has 0 radical (unpaired) electrons. The molecule has 1 heterocycles. The first kappa shape index (κ1) is 13.9. The SMILES string of the molecule is O=C(NCc1ccc(F)cc1)c1ccc(-n2cncn2)cc1. The molecule has 2 aromatic carbocycles. The Labute approximate surface area is 126 Å². The van der Waals surface area contributed by atoms with Crippen molar-refractivity contribution in [3.8, 4) is 5.69 Å². The van der Waals surface area contributed by atoms with Gasteiger partial charge in [0.2, 0.25) is 0 Å². The van der Waals surface area contributed by atoms with Gasteiger partial charge in [0.15, 0.2) is 0 Å². The number of carbonyl (C=O) groups is 1. The van der Waals surface area contributed by atoms with Gasteiger partial charge in [-0.2, -0.15) is 5.10 Å². The van der Waals surface area contributed by atoms with Crippen LogP contribution in [0.25, 0.3) is 5.69 Å². The molecule has 110 valence electrons. The van der Waals surface area contributed by atoms with E-state index in [1.165, 1.54) is 18.5 Å². The summed E-state index contributed by atoms with van der Waals surface area (Å²) < 4.78 is 14.4. The van der Waals surface area contributed by atoms with Crippen molar-refractivity contribution < 1.29 is 9.18 Å². The highest BCUT2D eigenvalue weighted by molar-refractivity contribution is 5.94. The molecule has 3 aromatic rings. The van der Waals surface area contributed by atoms with Crippen LogP contribution < -0.4 is 5.32 Å². The number of hydrogen-bond acceptors (Lipinski definition) is 3. The van der Waals surface area contributed by atoms with Crippen LogP contribution in [-0.4, -0.2) is 20.7 Å². The highest BCUT2D eigenvalue weighted by atomic mass is 19.1. The number of nitrogens with one attached hydrogen (secondary N) is 1. The van der Waals surface area contributed by atoms with E-state index in [-0.39, 0.29) is 11.7 Å². The molecule has 5 nitrogen and oxygen atoms in total. The molecular weight excluding hydrogens is 283 g/mol. The average Bonchev–Trinajstić information content (AvgIpc) is 3.09. The number of benzene rings is 2. The molecule has 0 fully saturated rings. The van der Waals surface area contributed by atoms with E-state index in [9.17, 15) is 9.18 Å². The molecule has 1 amide bonds. The lowest BCUT2D eigenvalue weighted by Crippen LogP contribution is -2.22.